The second-order valence-corrected chi connectivity index (χ2v) is 4.31. The third-order valence-electron chi connectivity index (χ3n) is 3.04. The van der Waals surface area contributed by atoms with E-state index in [-0.39, 0.29) is 0 Å². The Kier molecular flexibility index (Phi) is 3.14. The van der Waals surface area contributed by atoms with Crippen molar-refractivity contribution in [1.82, 2.24) is 14.8 Å². The standard InChI is InChI=1S/C15H15N3O/c1-2-18-10-14(9-17-18)19-11-13-6-3-5-12-7-4-8-16-15(12)13/h3-10H,2,11H2,1H3. The highest BCUT2D eigenvalue weighted by atomic mass is 16.5. The Labute approximate surface area is 111 Å². The fourth-order valence-corrected chi connectivity index (χ4v) is 2.04. The lowest BCUT2D eigenvalue weighted by Crippen LogP contribution is -1.97. The van der Waals surface area contributed by atoms with Crippen molar-refractivity contribution in [3.8, 4) is 5.75 Å². The molecular formula is C15H15N3O. The van der Waals surface area contributed by atoms with E-state index >= 15 is 0 Å². The molecule has 0 unspecified atom stereocenters. The van der Waals surface area contributed by atoms with Crippen LogP contribution in [0.25, 0.3) is 10.9 Å². The minimum atomic E-state index is 0.504. The second-order valence-electron chi connectivity index (χ2n) is 4.31. The first-order chi connectivity index (χ1) is 9.36. The van der Waals surface area contributed by atoms with Crippen molar-refractivity contribution in [3.05, 3.63) is 54.5 Å². The molecule has 3 rings (SSSR count). The summed E-state index contributed by atoms with van der Waals surface area (Å²) in [5.74, 6) is 0.787. The lowest BCUT2D eigenvalue weighted by molar-refractivity contribution is 0.307. The number of hydrogen-bond donors (Lipinski definition) is 0. The number of ether oxygens (including phenoxy) is 1. The average Bonchev–Trinajstić information content (AvgIpc) is 2.93. The maximum atomic E-state index is 5.76. The van der Waals surface area contributed by atoms with E-state index < -0.39 is 0 Å². The molecule has 0 fully saturated rings. The normalized spacial score (nSPS) is 10.8. The van der Waals surface area contributed by atoms with Gasteiger partial charge in [-0.3, -0.25) is 9.67 Å². The summed E-state index contributed by atoms with van der Waals surface area (Å²) in [6.45, 7) is 3.40. The molecular weight excluding hydrogens is 238 g/mol. The molecule has 0 amide bonds. The van der Waals surface area contributed by atoms with Crippen LogP contribution in [0.5, 0.6) is 5.75 Å². The third kappa shape index (κ3) is 2.42. The summed E-state index contributed by atoms with van der Waals surface area (Å²) in [5.41, 5.74) is 2.08. The smallest absolute Gasteiger partial charge is 0.157 e. The summed E-state index contributed by atoms with van der Waals surface area (Å²) in [7, 11) is 0. The number of aryl methyl sites for hydroxylation is 1. The Morgan fingerprint density at radius 3 is 2.95 bits per heavy atom. The highest BCUT2D eigenvalue weighted by molar-refractivity contribution is 5.81. The first-order valence-corrected chi connectivity index (χ1v) is 6.34. The predicted molar refractivity (Wildman–Crippen MR) is 74.0 cm³/mol. The largest absolute Gasteiger partial charge is 0.486 e. The molecule has 4 heteroatoms. The molecule has 4 nitrogen and oxygen atoms in total. The van der Waals surface area contributed by atoms with Crippen molar-refractivity contribution >= 4 is 10.9 Å². The number of pyridine rings is 1. The predicted octanol–water partition coefficient (Wildman–Crippen LogP) is 3.03. The molecule has 0 aliphatic rings. The molecule has 0 radical (unpaired) electrons. The van der Waals surface area contributed by atoms with Crippen LogP contribution in [0.1, 0.15) is 12.5 Å². The van der Waals surface area contributed by atoms with Crippen molar-refractivity contribution < 1.29 is 4.74 Å². The van der Waals surface area contributed by atoms with Crippen LogP contribution >= 0.6 is 0 Å². The van der Waals surface area contributed by atoms with E-state index in [0.717, 1.165) is 28.8 Å². The van der Waals surface area contributed by atoms with Crippen LogP contribution in [-0.2, 0) is 13.2 Å². The minimum Gasteiger partial charge on any atom is -0.486 e. The molecule has 0 atom stereocenters. The van der Waals surface area contributed by atoms with E-state index in [0.29, 0.717) is 6.61 Å². The second kappa shape index (κ2) is 5.10. The van der Waals surface area contributed by atoms with Gasteiger partial charge in [0.05, 0.1) is 17.9 Å². The number of hydrogen-bond acceptors (Lipinski definition) is 3. The average molecular weight is 253 g/mol. The van der Waals surface area contributed by atoms with Gasteiger partial charge >= 0.3 is 0 Å². The number of para-hydroxylation sites is 1. The number of aromatic nitrogens is 3. The molecule has 0 N–H and O–H groups in total. The molecule has 3 aromatic rings. The van der Waals surface area contributed by atoms with Gasteiger partial charge in [-0.25, -0.2) is 0 Å². The van der Waals surface area contributed by atoms with Crippen LogP contribution in [0.3, 0.4) is 0 Å². The molecule has 2 aromatic heterocycles. The Morgan fingerprint density at radius 2 is 2.11 bits per heavy atom. The van der Waals surface area contributed by atoms with Crippen LogP contribution in [0.2, 0.25) is 0 Å². The molecule has 2 heterocycles. The van der Waals surface area contributed by atoms with Gasteiger partial charge in [-0.1, -0.05) is 24.3 Å². The number of benzene rings is 1. The zero-order valence-corrected chi connectivity index (χ0v) is 10.8. The summed E-state index contributed by atoms with van der Waals surface area (Å²) in [4.78, 5) is 4.41. The van der Waals surface area contributed by atoms with Crippen molar-refractivity contribution in [1.29, 1.82) is 0 Å². The van der Waals surface area contributed by atoms with Gasteiger partial charge in [0, 0.05) is 23.7 Å². The monoisotopic (exact) mass is 253 g/mol. The van der Waals surface area contributed by atoms with Gasteiger partial charge in [0.2, 0.25) is 0 Å². The summed E-state index contributed by atoms with van der Waals surface area (Å²) >= 11 is 0. The summed E-state index contributed by atoms with van der Waals surface area (Å²) in [5, 5.41) is 5.32. The fraction of sp³-hybridized carbons (Fsp3) is 0.200. The number of fused-ring (bicyclic) bond motifs is 1. The van der Waals surface area contributed by atoms with Gasteiger partial charge in [-0.2, -0.15) is 5.10 Å². The van der Waals surface area contributed by atoms with Crippen LogP contribution in [0.15, 0.2) is 48.9 Å². The molecule has 96 valence electrons. The molecule has 0 saturated carbocycles. The fourth-order valence-electron chi connectivity index (χ4n) is 2.04. The maximum Gasteiger partial charge on any atom is 0.157 e. The SMILES string of the molecule is CCn1cc(OCc2cccc3cccnc23)cn1. The number of nitrogens with zero attached hydrogens (tertiary/aromatic N) is 3. The Morgan fingerprint density at radius 1 is 1.21 bits per heavy atom. The zero-order valence-electron chi connectivity index (χ0n) is 10.8. The maximum absolute atomic E-state index is 5.76. The van der Waals surface area contributed by atoms with Gasteiger partial charge in [0.25, 0.3) is 0 Å². The first-order valence-electron chi connectivity index (χ1n) is 6.34. The van der Waals surface area contributed by atoms with Crippen LogP contribution in [0.4, 0.5) is 0 Å². The Bertz CT molecular complexity index is 685. The molecule has 0 aliphatic heterocycles. The Balaban J connectivity index is 1.81. The van der Waals surface area contributed by atoms with Gasteiger partial charge in [-0.05, 0) is 13.0 Å². The van der Waals surface area contributed by atoms with Crippen molar-refractivity contribution in [2.45, 2.75) is 20.1 Å². The third-order valence-corrected chi connectivity index (χ3v) is 3.04. The van der Waals surface area contributed by atoms with E-state index in [1.165, 1.54) is 0 Å². The van der Waals surface area contributed by atoms with E-state index in [2.05, 4.69) is 22.2 Å². The van der Waals surface area contributed by atoms with Gasteiger partial charge in [-0.15, -0.1) is 0 Å². The van der Waals surface area contributed by atoms with Crippen molar-refractivity contribution in [3.63, 3.8) is 0 Å². The summed E-state index contributed by atoms with van der Waals surface area (Å²) < 4.78 is 7.60. The van der Waals surface area contributed by atoms with Gasteiger partial charge in [0.15, 0.2) is 5.75 Å². The molecule has 19 heavy (non-hydrogen) atoms. The van der Waals surface area contributed by atoms with Gasteiger partial charge < -0.3 is 4.74 Å². The molecule has 0 aliphatic carbocycles. The van der Waals surface area contributed by atoms with E-state index in [9.17, 15) is 0 Å². The first kappa shape index (κ1) is 11.7. The van der Waals surface area contributed by atoms with Crippen LogP contribution < -0.4 is 4.74 Å². The van der Waals surface area contributed by atoms with E-state index in [4.69, 9.17) is 4.74 Å². The van der Waals surface area contributed by atoms with Crippen LogP contribution in [0, 0.1) is 0 Å². The lowest BCUT2D eigenvalue weighted by atomic mass is 10.1. The molecule has 0 saturated heterocycles. The minimum absolute atomic E-state index is 0.504. The highest BCUT2D eigenvalue weighted by Crippen LogP contribution is 2.18. The van der Waals surface area contributed by atoms with Crippen molar-refractivity contribution in [2.75, 3.05) is 0 Å². The van der Waals surface area contributed by atoms with E-state index in [1.54, 1.807) is 12.4 Å². The van der Waals surface area contributed by atoms with Crippen molar-refractivity contribution in [2.24, 2.45) is 0 Å². The number of rotatable bonds is 4. The highest BCUT2D eigenvalue weighted by Gasteiger charge is 2.04. The topological polar surface area (TPSA) is 39.9 Å². The zero-order chi connectivity index (χ0) is 13.1. The van der Waals surface area contributed by atoms with E-state index in [1.807, 2.05) is 36.0 Å². The lowest BCUT2D eigenvalue weighted by Gasteiger charge is -2.06. The summed E-state index contributed by atoms with van der Waals surface area (Å²) in [6.07, 6.45) is 5.45. The molecule has 0 spiro atoms. The Hall–Kier alpha value is -2.36. The van der Waals surface area contributed by atoms with Gasteiger partial charge in [0.1, 0.15) is 6.61 Å². The quantitative estimate of drug-likeness (QED) is 0.717. The molecule has 1 aromatic carbocycles. The summed E-state index contributed by atoms with van der Waals surface area (Å²) in [6, 6.07) is 10.1. The molecule has 0 bridgehead atoms. The van der Waals surface area contributed by atoms with Crippen LogP contribution in [-0.4, -0.2) is 14.8 Å².